The van der Waals surface area contributed by atoms with Crippen LogP contribution in [0.15, 0.2) is 24.3 Å². The number of anilines is 1. The smallest absolute Gasteiger partial charge is 0.338 e. The van der Waals surface area contributed by atoms with E-state index in [0.717, 1.165) is 18.0 Å². The molecule has 0 heterocycles. The largest absolute Gasteiger partial charge is 0.462 e. The summed E-state index contributed by atoms with van der Waals surface area (Å²) in [6.07, 6.45) is 3.61. The lowest BCUT2D eigenvalue weighted by atomic mass is 10.2. The molecule has 1 N–H and O–H groups in total. The minimum absolute atomic E-state index is 0.219. The van der Waals surface area contributed by atoms with Crippen molar-refractivity contribution >= 4 is 11.7 Å². The number of ether oxygens (including phenoxy) is 1. The highest BCUT2D eigenvalue weighted by molar-refractivity contribution is 5.89. The van der Waals surface area contributed by atoms with Crippen LogP contribution in [0.4, 0.5) is 5.69 Å². The molecule has 1 aromatic rings. The van der Waals surface area contributed by atoms with Gasteiger partial charge in [0.05, 0.1) is 12.2 Å². The molecule has 0 atom stereocenters. The zero-order chi connectivity index (χ0) is 11.4. The van der Waals surface area contributed by atoms with Crippen LogP contribution in [0.5, 0.6) is 0 Å². The van der Waals surface area contributed by atoms with Crippen LogP contribution < -0.4 is 5.32 Å². The van der Waals surface area contributed by atoms with Gasteiger partial charge in [0.2, 0.25) is 0 Å². The molecule has 0 aromatic heterocycles. The van der Waals surface area contributed by atoms with Gasteiger partial charge in [-0.2, -0.15) is 0 Å². The molecule has 1 aliphatic rings. The fraction of sp³-hybridized carbons (Fsp3) is 0.462. The number of esters is 1. The topological polar surface area (TPSA) is 38.3 Å². The van der Waals surface area contributed by atoms with Crippen LogP contribution in [-0.2, 0) is 4.74 Å². The number of benzene rings is 1. The molecule has 0 unspecified atom stereocenters. The zero-order valence-electron chi connectivity index (χ0n) is 9.53. The number of hydrogen-bond acceptors (Lipinski definition) is 3. The second-order valence-electron chi connectivity index (χ2n) is 4.20. The van der Waals surface area contributed by atoms with Crippen molar-refractivity contribution in [2.45, 2.75) is 19.3 Å². The van der Waals surface area contributed by atoms with E-state index in [0.29, 0.717) is 12.2 Å². The van der Waals surface area contributed by atoms with Crippen molar-refractivity contribution in [2.75, 3.05) is 19.0 Å². The van der Waals surface area contributed by atoms with Gasteiger partial charge in [0.25, 0.3) is 0 Å². The van der Waals surface area contributed by atoms with E-state index in [1.165, 1.54) is 12.8 Å². The van der Waals surface area contributed by atoms with Crippen molar-refractivity contribution < 1.29 is 9.53 Å². The summed E-state index contributed by atoms with van der Waals surface area (Å²) >= 11 is 0. The van der Waals surface area contributed by atoms with Crippen molar-refractivity contribution in [3.63, 3.8) is 0 Å². The van der Waals surface area contributed by atoms with E-state index in [1.807, 2.05) is 19.2 Å². The molecule has 2 rings (SSSR count). The summed E-state index contributed by atoms with van der Waals surface area (Å²) in [6.45, 7) is 0.553. The van der Waals surface area contributed by atoms with Crippen LogP contribution in [0.1, 0.15) is 29.6 Å². The van der Waals surface area contributed by atoms with Gasteiger partial charge in [-0.3, -0.25) is 0 Å². The average Bonchev–Trinajstić information content (AvgIpc) is 3.13. The lowest BCUT2D eigenvalue weighted by molar-refractivity contribution is 0.0495. The zero-order valence-corrected chi connectivity index (χ0v) is 9.53. The van der Waals surface area contributed by atoms with Crippen LogP contribution in [-0.4, -0.2) is 19.6 Å². The Morgan fingerprint density at radius 2 is 2.06 bits per heavy atom. The van der Waals surface area contributed by atoms with Gasteiger partial charge in [-0.05, 0) is 36.6 Å². The highest BCUT2D eigenvalue weighted by Gasteiger charge is 2.21. The van der Waals surface area contributed by atoms with Crippen molar-refractivity contribution in [3.05, 3.63) is 29.8 Å². The van der Waals surface area contributed by atoms with Crippen molar-refractivity contribution in [1.82, 2.24) is 0 Å². The molecule has 1 aliphatic carbocycles. The lowest BCUT2D eigenvalue weighted by Crippen LogP contribution is -2.06. The van der Waals surface area contributed by atoms with Crippen molar-refractivity contribution in [1.29, 1.82) is 0 Å². The van der Waals surface area contributed by atoms with Gasteiger partial charge in [0.1, 0.15) is 0 Å². The SMILES string of the molecule is CNc1ccc(C(=O)OCCC2CC2)cc1. The fourth-order valence-electron chi connectivity index (χ4n) is 1.58. The van der Waals surface area contributed by atoms with Gasteiger partial charge in [-0.25, -0.2) is 4.79 Å². The molecule has 0 amide bonds. The van der Waals surface area contributed by atoms with E-state index in [1.54, 1.807) is 12.1 Å². The molecule has 0 saturated heterocycles. The number of carbonyl (C=O) groups is 1. The fourth-order valence-corrected chi connectivity index (χ4v) is 1.58. The highest BCUT2D eigenvalue weighted by Crippen LogP contribution is 2.32. The summed E-state index contributed by atoms with van der Waals surface area (Å²) in [6, 6.07) is 7.31. The molecule has 1 fully saturated rings. The lowest BCUT2D eigenvalue weighted by Gasteiger charge is -2.05. The summed E-state index contributed by atoms with van der Waals surface area (Å²) in [7, 11) is 1.85. The van der Waals surface area contributed by atoms with Crippen LogP contribution >= 0.6 is 0 Å². The second-order valence-corrected chi connectivity index (χ2v) is 4.20. The highest BCUT2D eigenvalue weighted by atomic mass is 16.5. The maximum Gasteiger partial charge on any atom is 0.338 e. The minimum atomic E-state index is -0.219. The Morgan fingerprint density at radius 3 is 2.62 bits per heavy atom. The number of rotatable bonds is 5. The van der Waals surface area contributed by atoms with Gasteiger partial charge >= 0.3 is 5.97 Å². The molecule has 86 valence electrons. The van der Waals surface area contributed by atoms with E-state index in [-0.39, 0.29) is 5.97 Å². The maximum atomic E-state index is 11.6. The molecule has 16 heavy (non-hydrogen) atoms. The molecule has 0 aliphatic heterocycles. The third kappa shape index (κ3) is 2.99. The summed E-state index contributed by atoms with van der Waals surface area (Å²) in [4.78, 5) is 11.6. The average molecular weight is 219 g/mol. The summed E-state index contributed by atoms with van der Waals surface area (Å²) in [5.74, 6) is 0.586. The molecule has 0 spiro atoms. The normalized spacial score (nSPS) is 14.6. The minimum Gasteiger partial charge on any atom is -0.462 e. The standard InChI is InChI=1S/C13H17NO2/c1-14-12-6-4-11(5-7-12)13(15)16-9-8-10-2-3-10/h4-7,10,14H,2-3,8-9H2,1H3. The molecule has 0 bridgehead atoms. The molecular weight excluding hydrogens is 202 g/mol. The van der Waals surface area contributed by atoms with E-state index in [2.05, 4.69) is 5.32 Å². The third-order valence-electron chi connectivity index (χ3n) is 2.87. The molecular formula is C13H17NO2. The first-order valence-electron chi connectivity index (χ1n) is 5.74. The predicted molar refractivity (Wildman–Crippen MR) is 63.6 cm³/mol. The number of nitrogens with one attached hydrogen (secondary N) is 1. The van der Waals surface area contributed by atoms with Crippen LogP contribution in [0, 0.1) is 5.92 Å². The molecule has 3 nitrogen and oxygen atoms in total. The molecule has 0 radical (unpaired) electrons. The van der Waals surface area contributed by atoms with Crippen LogP contribution in [0.3, 0.4) is 0 Å². The molecule has 1 aromatic carbocycles. The first kappa shape index (κ1) is 11.0. The van der Waals surface area contributed by atoms with Crippen LogP contribution in [0.25, 0.3) is 0 Å². The number of carbonyl (C=O) groups excluding carboxylic acids is 1. The Kier molecular flexibility index (Phi) is 3.44. The Bertz CT molecular complexity index is 355. The van der Waals surface area contributed by atoms with E-state index < -0.39 is 0 Å². The van der Waals surface area contributed by atoms with E-state index in [4.69, 9.17) is 4.74 Å². The monoisotopic (exact) mass is 219 g/mol. The van der Waals surface area contributed by atoms with Gasteiger partial charge in [-0.1, -0.05) is 12.8 Å². The van der Waals surface area contributed by atoms with E-state index in [9.17, 15) is 4.79 Å². The summed E-state index contributed by atoms with van der Waals surface area (Å²) in [5, 5.41) is 3.01. The summed E-state index contributed by atoms with van der Waals surface area (Å²) < 4.78 is 5.19. The van der Waals surface area contributed by atoms with Gasteiger partial charge in [0, 0.05) is 12.7 Å². The van der Waals surface area contributed by atoms with Crippen LogP contribution in [0.2, 0.25) is 0 Å². The Morgan fingerprint density at radius 1 is 1.38 bits per heavy atom. The van der Waals surface area contributed by atoms with Crippen molar-refractivity contribution in [3.8, 4) is 0 Å². The van der Waals surface area contributed by atoms with E-state index >= 15 is 0 Å². The van der Waals surface area contributed by atoms with Crippen molar-refractivity contribution in [2.24, 2.45) is 5.92 Å². The number of hydrogen-bond donors (Lipinski definition) is 1. The Hall–Kier alpha value is -1.51. The first-order chi connectivity index (χ1) is 7.79. The maximum absolute atomic E-state index is 11.6. The van der Waals surface area contributed by atoms with Gasteiger partial charge in [-0.15, -0.1) is 0 Å². The van der Waals surface area contributed by atoms with Gasteiger partial charge < -0.3 is 10.1 Å². The Labute approximate surface area is 95.8 Å². The van der Waals surface area contributed by atoms with Gasteiger partial charge in [0.15, 0.2) is 0 Å². The molecule has 1 saturated carbocycles. The summed E-state index contributed by atoms with van der Waals surface area (Å²) in [5.41, 5.74) is 1.62. The second kappa shape index (κ2) is 5.01. The first-order valence-corrected chi connectivity index (χ1v) is 5.74. The third-order valence-corrected chi connectivity index (χ3v) is 2.87. The Balaban J connectivity index is 1.81. The predicted octanol–water partition coefficient (Wildman–Crippen LogP) is 2.69. The molecule has 3 heteroatoms. The quantitative estimate of drug-likeness (QED) is 0.774.